The molecule has 0 saturated carbocycles. The maximum atomic E-state index is 10.9. The second-order valence-electron chi connectivity index (χ2n) is 7.64. The summed E-state index contributed by atoms with van der Waals surface area (Å²) in [7, 11) is 0. The number of nitriles is 2. The van der Waals surface area contributed by atoms with Gasteiger partial charge in [-0.25, -0.2) is 4.85 Å². The highest BCUT2D eigenvalue weighted by molar-refractivity contribution is 5.66. The average Bonchev–Trinajstić information content (AvgIpc) is 3.05. The molecular weight excluding hydrogens is 416 g/mol. The Morgan fingerprint density at radius 3 is 2.39 bits per heavy atom. The van der Waals surface area contributed by atoms with Crippen LogP contribution in [0.25, 0.3) is 10.9 Å². The van der Waals surface area contributed by atoms with Crippen molar-refractivity contribution in [1.29, 1.82) is 10.5 Å². The summed E-state index contributed by atoms with van der Waals surface area (Å²) in [6.07, 6.45) is 7.36. The van der Waals surface area contributed by atoms with Crippen molar-refractivity contribution >= 4 is 17.7 Å². The molecule has 0 N–H and O–H groups in total. The molecule has 33 heavy (non-hydrogen) atoms. The van der Waals surface area contributed by atoms with E-state index in [0.29, 0.717) is 18.7 Å². The van der Waals surface area contributed by atoms with Gasteiger partial charge in [0.15, 0.2) is 11.3 Å². The van der Waals surface area contributed by atoms with Crippen molar-refractivity contribution in [2.45, 2.75) is 33.3 Å². The van der Waals surface area contributed by atoms with Crippen molar-refractivity contribution in [1.82, 2.24) is 0 Å². The second kappa shape index (κ2) is 11.4. The van der Waals surface area contributed by atoms with Crippen LogP contribution in [-0.2, 0) is 14.3 Å². The summed E-state index contributed by atoms with van der Waals surface area (Å²) in [6, 6.07) is 11.6. The minimum atomic E-state index is -0.824. The first-order chi connectivity index (χ1) is 15.8. The fraction of sp³-hybridized carbons (Fsp3) is 0.308. The van der Waals surface area contributed by atoms with Gasteiger partial charge < -0.3 is 14.4 Å². The summed E-state index contributed by atoms with van der Waals surface area (Å²) in [4.78, 5) is 16.6. The van der Waals surface area contributed by atoms with Crippen LogP contribution in [0.15, 0.2) is 65.1 Å². The largest absolute Gasteiger partial charge is 0.493 e. The number of esters is 1. The van der Waals surface area contributed by atoms with Gasteiger partial charge in [0, 0.05) is 24.7 Å². The molecule has 0 aromatic heterocycles. The Bertz CT molecular complexity index is 1120. The predicted octanol–water partition coefficient (Wildman–Crippen LogP) is 4.93. The van der Waals surface area contributed by atoms with Gasteiger partial charge in [0.1, 0.15) is 24.3 Å². The molecule has 1 aromatic carbocycles. The van der Waals surface area contributed by atoms with Gasteiger partial charge in [-0.1, -0.05) is 36.4 Å². The lowest BCUT2D eigenvalue weighted by Crippen LogP contribution is -2.27. The summed E-state index contributed by atoms with van der Waals surface area (Å²) in [5.41, 5.74) is 1.80. The Kier molecular flexibility index (Phi) is 8.61. The van der Waals surface area contributed by atoms with Gasteiger partial charge in [-0.05, 0) is 38.5 Å². The first-order valence-electron chi connectivity index (χ1n) is 10.5. The molecule has 0 amide bonds. The molecule has 1 heterocycles. The standard InChI is InChI=1S/C26H26N4O3/c1-6-30(15-16-32-19(2)31)22-13-11-20(12-14-22)9-7-8-10-23-24(29-5)25(21(17-27)18-28)33-26(23,3)4/h7-14H,6,15-16H2,1-4H3. The highest BCUT2D eigenvalue weighted by Crippen LogP contribution is 2.41. The number of anilines is 1. The van der Waals surface area contributed by atoms with Crippen molar-refractivity contribution in [3.63, 3.8) is 0 Å². The molecule has 0 unspecified atom stereocenters. The normalized spacial score (nSPS) is 14.5. The molecule has 7 nitrogen and oxygen atoms in total. The lowest BCUT2D eigenvalue weighted by atomic mass is 9.97. The van der Waals surface area contributed by atoms with Gasteiger partial charge in [0.25, 0.3) is 0 Å². The van der Waals surface area contributed by atoms with Crippen LogP contribution in [0.4, 0.5) is 5.69 Å². The maximum Gasteiger partial charge on any atom is 0.302 e. The van der Waals surface area contributed by atoms with Crippen LogP contribution >= 0.6 is 0 Å². The van der Waals surface area contributed by atoms with Crippen LogP contribution in [0.2, 0.25) is 0 Å². The third kappa shape index (κ3) is 6.35. The lowest BCUT2D eigenvalue weighted by Gasteiger charge is -2.22. The Hall–Kier alpha value is -4.28. The zero-order chi connectivity index (χ0) is 24.4. The van der Waals surface area contributed by atoms with Gasteiger partial charge >= 0.3 is 5.97 Å². The molecule has 1 aromatic rings. The average molecular weight is 443 g/mol. The number of hydrogen-bond acceptors (Lipinski definition) is 6. The van der Waals surface area contributed by atoms with E-state index in [0.717, 1.165) is 17.8 Å². The molecule has 0 aliphatic carbocycles. The van der Waals surface area contributed by atoms with E-state index in [1.54, 1.807) is 38.1 Å². The quantitative estimate of drug-likeness (QED) is 0.245. The number of nitrogens with zero attached hydrogens (tertiary/aromatic N) is 4. The van der Waals surface area contributed by atoms with Crippen molar-refractivity contribution < 1.29 is 14.3 Å². The number of likely N-dealkylation sites (N-methyl/N-ethyl adjacent to an activating group) is 1. The number of carbonyl (C=O) groups is 1. The van der Waals surface area contributed by atoms with Gasteiger partial charge in [0.05, 0.1) is 13.1 Å². The molecule has 1 aliphatic heterocycles. The Morgan fingerprint density at radius 2 is 1.85 bits per heavy atom. The van der Waals surface area contributed by atoms with E-state index in [1.807, 2.05) is 43.3 Å². The van der Waals surface area contributed by atoms with Crippen molar-refractivity contribution in [2.75, 3.05) is 24.6 Å². The van der Waals surface area contributed by atoms with Gasteiger partial charge in [0.2, 0.25) is 5.70 Å². The lowest BCUT2D eigenvalue weighted by molar-refractivity contribution is -0.140. The zero-order valence-corrected chi connectivity index (χ0v) is 19.3. The van der Waals surface area contributed by atoms with Gasteiger partial charge in [-0.2, -0.15) is 10.5 Å². The third-order valence-electron chi connectivity index (χ3n) is 5.01. The SMILES string of the molecule is [C-]#[N+]C1=C(C=CC=Cc2ccc(N(CC)CCOC(C)=O)cc2)C(C)(C)OC1=C(C#N)C#N. The second-order valence-corrected chi connectivity index (χ2v) is 7.64. The van der Waals surface area contributed by atoms with E-state index in [2.05, 4.69) is 9.74 Å². The van der Waals surface area contributed by atoms with Crippen LogP contribution in [0, 0.1) is 29.2 Å². The monoisotopic (exact) mass is 442 g/mol. The van der Waals surface area contributed by atoms with Crippen molar-refractivity contribution in [3.8, 4) is 12.1 Å². The molecule has 0 saturated heterocycles. The first-order valence-corrected chi connectivity index (χ1v) is 10.5. The molecule has 0 bridgehead atoms. The molecular formula is C26H26N4O3. The molecule has 168 valence electrons. The van der Waals surface area contributed by atoms with E-state index >= 15 is 0 Å². The summed E-state index contributed by atoms with van der Waals surface area (Å²) in [5, 5.41) is 18.3. The topological polar surface area (TPSA) is 90.7 Å². The molecule has 2 rings (SSSR count). The number of allylic oxidation sites excluding steroid dienone is 3. The minimum Gasteiger partial charge on any atom is -0.493 e. The van der Waals surface area contributed by atoms with Crippen LogP contribution in [-0.4, -0.2) is 31.3 Å². The number of benzene rings is 1. The summed E-state index contributed by atoms with van der Waals surface area (Å²) >= 11 is 0. The summed E-state index contributed by atoms with van der Waals surface area (Å²) < 4.78 is 10.8. The van der Waals surface area contributed by atoms with E-state index in [4.69, 9.17) is 26.6 Å². The van der Waals surface area contributed by atoms with Crippen LogP contribution in [0.3, 0.4) is 0 Å². The van der Waals surface area contributed by atoms with Crippen LogP contribution < -0.4 is 4.90 Å². The number of carbonyl (C=O) groups excluding carboxylic acids is 1. The van der Waals surface area contributed by atoms with E-state index in [-0.39, 0.29) is 23.0 Å². The molecule has 0 atom stereocenters. The minimum absolute atomic E-state index is 0.0356. The van der Waals surface area contributed by atoms with E-state index in [9.17, 15) is 4.79 Å². The third-order valence-corrected chi connectivity index (χ3v) is 5.01. The molecule has 1 aliphatic rings. The molecule has 0 fully saturated rings. The molecule has 7 heteroatoms. The molecule has 0 spiro atoms. The Morgan fingerprint density at radius 1 is 1.21 bits per heavy atom. The maximum absolute atomic E-state index is 10.9. The van der Waals surface area contributed by atoms with Crippen molar-refractivity contribution in [3.05, 3.63) is 82.1 Å². The summed E-state index contributed by atoms with van der Waals surface area (Å²) in [5.74, 6) is -0.248. The van der Waals surface area contributed by atoms with Crippen LogP contribution in [0.1, 0.15) is 33.3 Å². The van der Waals surface area contributed by atoms with Crippen LogP contribution in [0.5, 0.6) is 0 Å². The van der Waals surface area contributed by atoms with E-state index < -0.39 is 5.60 Å². The fourth-order valence-corrected chi connectivity index (χ4v) is 3.34. The zero-order valence-electron chi connectivity index (χ0n) is 19.3. The number of rotatable bonds is 8. The Labute approximate surface area is 195 Å². The van der Waals surface area contributed by atoms with Gasteiger partial charge in [-0.3, -0.25) is 4.79 Å². The predicted molar refractivity (Wildman–Crippen MR) is 126 cm³/mol. The highest BCUT2D eigenvalue weighted by Gasteiger charge is 2.38. The molecule has 0 radical (unpaired) electrons. The van der Waals surface area contributed by atoms with Crippen molar-refractivity contribution in [2.24, 2.45) is 0 Å². The fourth-order valence-electron chi connectivity index (χ4n) is 3.34. The number of ether oxygens (including phenoxy) is 2. The van der Waals surface area contributed by atoms with Gasteiger partial charge in [-0.15, -0.1) is 0 Å². The highest BCUT2D eigenvalue weighted by atomic mass is 16.5. The summed E-state index contributed by atoms with van der Waals surface area (Å²) in [6.45, 7) is 16.3. The van der Waals surface area contributed by atoms with E-state index in [1.165, 1.54) is 6.92 Å². The number of hydrogen-bond donors (Lipinski definition) is 0. The Balaban J connectivity index is 2.15. The first kappa shape index (κ1) is 25.0. The smallest absolute Gasteiger partial charge is 0.302 e.